The monoisotopic (exact) mass is 433 g/mol. The molecule has 0 saturated carbocycles. The van der Waals surface area contributed by atoms with Gasteiger partial charge in [-0.25, -0.2) is 4.98 Å². The number of carbonyl (C=O) groups excluding carboxylic acids is 1. The van der Waals surface area contributed by atoms with Crippen LogP contribution in [0.5, 0.6) is 5.75 Å². The molecule has 0 spiro atoms. The molecule has 1 amide bonds. The van der Waals surface area contributed by atoms with Crippen LogP contribution in [0.2, 0.25) is 0 Å². The summed E-state index contributed by atoms with van der Waals surface area (Å²) in [4.78, 5) is 33.7. The number of amides is 1. The number of hydrogen-bond acceptors (Lipinski definition) is 5. The van der Waals surface area contributed by atoms with E-state index in [1.165, 1.54) is 22.2 Å². The molecule has 0 atom stereocenters. The molecule has 4 aromatic rings. The fraction of sp³-hybridized carbons (Fsp3) is 0.208. The third-order valence-corrected chi connectivity index (χ3v) is 6.49. The maximum Gasteiger partial charge on any atom is 0.262 e. The van der Waals surface area contributed by atoms with E-state index in [9.17, 15) is 9.59 Å². The van der Waals surface area contributed by atoms with E-state index >= 15 is 0 Å². The molecule has 2 heterocycles. The second-order valence-corrected chi connectivity index (χ2v) is 8.38. The largest absolute Gasteiger partial charge is 0.497 e. The Morgan fingerprint density at radius 3 is 2.68 bits per heavy atom. The average Bonchev–Trinajstić information content (AvgIpc) is 3.13. The number of methoxy groups -OCH3 is 1. The minimum absolute atomic E-state index is 0.0573. The van der Waals surface area contributed by atoms with Crippen LogP contribution in [-0.2, 0) is 17.9 Å². The van der Waals surface area contributed by atoms with Crippen molar-refractivity contribution in [3.63, 3.8) is 0 Å². The Morgan fingerprint density at radius 1 is 1.16 bits per heavy atom. The molecule has 4 rings (SSSR count). The van der Waals surface area contributed by atoms with Gasteiger partial charge in [-0.05, 0) is 35.7 Å². The molecule has 0 bridgehead atoms. The second-order valence-electron chi connectivity index (χ2n) is 7.38. The molecule has 0 unspecified atom stereocenters. The molecule has 0 aliphatic heterocycles. The molecular weight excluding hydrogens is 410 g/mol. The Balaban J connectivity index is 1.58. The van der Waals surface area contributed by atoms with Crippen molar-refractivity contribution in [2.45, 2.75) is 20.0 Å². The fourth-order valence-corrected chi connectivity index (χ4v) is 4.68. The molecule has 0 radical (unpaired) electrons. The molecule has 6 nitrogen and oxygen atoms in total. The van der Waals surface area contributed by atoms with Gasteiger partial charge in [-0.15, -0.1) is 11.3 Å². The maximum atomic E-state index is 13.1. The number of thiophene rings is 1. The number of benzene rings is 2. The Kier molecular flexibility index (Phi) is 5.86. The highest BCUT2D eigenvalue weighted by Crippen LogP contribution is 2.35. The highest BCUT2D eigenvalue weighted by molar-refractivity contribution is 7.22. The summed E-state index contributed by atoms with van der Waals surface area (Å²) >= 11 is 1.50. The van der Waals surface area contributed by atoms with Crippen molar-refractivity contribution in [1.29, 1.82) is 0 Å². The Labute approximate surface area is 184 Å². The third kappa shape index (κ3) is 4.22. The molecule has 0 aliphatic carbocycles. The van der Waals surface area contributed by atoms with Gasteiger partial charge < -0.3 is 9.64 Å². The number of aromatic nitrogens is 2. The van der Waals surface area contributed by atoms with Crippen LogP contribution < -0.4 is 10.3 Å². The summed E-state index contributed by atoms with van der Waals surface area (Å²) in [5, 5.41) is 0.578. The van der Waals surface area contributed by atoms with E-state index < -0.39 is 0 Å². The minimum Gasteiger partial charge on any atom is -0.497 e. The quantitative estimate of drug-likeness (QED) is 0.459. The summed E-state index contributed by atoms with van der Waals surface area (Å²) in [6, 6.07) is 17.5. The number of fused-ring (bicyclic) bond motifs is 1. The number of aryl methyl sites for hydroxylation is 1. The van der Waals surface area contributed by atoms with Crippen molar-refractivity contribution in [2.24, 2.45) is 0 Å². The van der Waals surface area contributed by atoms with Crippen LogP contribution in [0.15, 0.2) is 65.7 Å². The van der Waals surface area contributed by atoms with E-state index in [0.29, 0.717) is 16.8 Å². The van der Waals surface area contributed by atoms with Crippen LogP contribution in [0.1, 0.15) is 11.1 Å². The molecule has 7 heteroatoms. The first-order valence-corrected chi connectivity index (χ1v) is 10.7. The van der Waals surface area contributed by atoms with Crippen LogP contribution in [0.3, 0.4) is 0 Å². The average molecular weight is 434 g/mol. The summed E-state index contributed by atoms with van der Waals surface area (Å²) in [5.41, 5.74) is 2.72. The van der Waals surface area contributed by atoms with E-state index in [1.54, 1.807) is 19.1 Å². The zero-order chi connectivity index (χ0) is 22.0. The summed E-state index contributed by atoms with van der Waals surface area (Å²) in [5.74, 6) is 0.577. The van der Waals surface area contributed by atoms with Crippen molar-refractivity contribution in [1.82, 2.24) is 14.5 Å². The van der Waals surface area contributed by atoms with Gasteiger partial charge in [0.25, 0.3) is 5.56 Å². The summed E-state index contributed by atoms with van der Waals surface area (Å²) in [6.45, 7) is 2.31. The lowest BCUT2D eigenvalue weighted by molar-refractivity contribution is -0.131. The topological polar surface area (TPSA) is 64.4 Å². The summed E-state index contributed by atoms with van der Waals surface area (Å²) in [7, 11) is 3.33. The lowest BCUT2D eigenvalue weighted by Gasteiger charge is -2.18. The molecular formula is C24H23N3O3S. The van der Waals surface area contributed by atoms with E-state index in [2.05, 4.69) is 4.98 Å². The fourth-order valence-electron chi connectivity index (χ4n) is 3.54. The Hall–Kier alpha value is -3.45. The lowest BCUT2D eigenvalue weighted by atomic mass is 10.1. The van der Waals surface area contributed by atoms with E-state index in [1.807, 2.05) is 61.5 Å². The molecule has 2 aromatic heterocycles. The van der Waals surface area contributed by atoms with Crippen LogP contribution >= 0.6 is 11.3 Å². The van der Waals surface area contributed by atoms with Gasteiger partial charge in [0, 0.05) is 18.5 Å². The Bertz CT molecular complexity index is 1290. The predicted molar refractivity (Wildman–Crippen MR) is 124 cm³/mol. The molecule has 158 valence electrons. The first-order chi connectivity index (χ1) is 15.0. The Morgan fingerprint density at radius 2 is 1.94 bits per heavy atom. The van der Waals surface area contributed by atoms with Crippen LogP contribution in [0.4, 0.5) is 0 Å². The number of rotatable bonds is 6. The van der Waals surface area contributed by atoms with E-state index in [0.717, 1.165) is 27.3 Å². The second kappa shape index (κ2) is 8.73. The number of nitrogens with zero attached hydrogens (tertiary/aromatic N) is 3. The molecule has 0 aliphatic rings. The predicted octanol–water partition coefficient (Wildman–Crippen LogP) is 4.10. The maximum absolute atomic E-state index is 13.1. The number of carbonyl (C=O) groups is 1. The van der Waals surface area contributed by atoms with Gasteiger partial charge in [0.15, 0.2) is 0 Å². The first-order valence-electron chi connectivity index (χ1n) is 9.88. The van der Waals surface area contributed by atoms with Gasteiger partial charge >= 0.3 is 0 Å². The molecule has 0 N–H and O–H groups in total. The number of likely N-dealkylation sites (N-methyl/N-ethyl adjacent to an activating group) is 1. The van der Waals surface area contributed by atoms with Crippen molar-refractivity contribution in [2.75, 3.05) is 14.2 Å². The molecule has 2 aromatic carbocycles. The van der Waals surface area contributed by atoms with Gasteiger partial charge in [0.1, 0.15) is 17.1 Å². The number of ether oxygens (including phenoxy) is 1. The van der Waals surface area contributed by atoms with Crippen molar-refractivity contribution in [3.8, 4) is 16.2 Å². The van der Waals surface area contributed by atoms with Gasteiger partial charge in [0.05, 0.1) is 18.8 Å². The highest BCUT2D eigenvalue weighted by Gasteiger charge is 2.18. The van der Waals surface area contributed by atoms with Gasteiger partial charge in [-0.3, -0.25) is 14.2 Å². The van der Waals surface area contributed by atoms with E-state index in [-0.39, 0.29) is 18.0 Å². The SMILES string of the molecule is COc1cccc(CN(C)C(=O)Cn2cnc3sc(-c4ccccc4)c(C)c3c2=O)c1. The summed E-state index contributed by atoms with van der Waals surface area (Å²) < 4.78 is 6.63. The van der Waals surface area contributed by atoms with Crippen molar-refractivity contribution < 1.29 is 9.53 Å². The standard InChI is InChI=1S/C24H23N3O3S/c1-16-21-23(31-22(16)18-9-5-4-6-10-18)25-15-27(24(21)29)14-20(28)26(2)13-17-8-7-11-19(12-17)30-3/h4-12,15H,13-14H2,1-3H3. The van der Waals surface area contributed by atoms with Crippen molar-refractivity contribution >= 4 is 27.5 Å². The van der Waals surface area contributed by atoms with Gasteiger partial charge in [-0.2, -0.15) is 0 Å². The van der Waals surface area contributed by atoms with E-state index in [4.69, 9.17) is 4.74 Å². The third-order valence-electron chi connectivity index (χ3n) is 5.24. The lowest BCUT2D eigenvalue weighted by Crippen LogP contribution is -2.33. The zero-order valence-corrected chi connectivity index (χ0v) is 18.5. The normalized spacial score (nSPS) is 10.9. The minimum atomic E-state index is -0.191. The summed E-state index contributed by atoms with van der Waals surface area (Å²) in [6.07, 6.45) is 1.46. The van der Waals surface area contributed by atoms with Gasteiger partial charge in [-0.1, -0.05) is 42.5 Å². The van der Waals surface area contributed by atoms with Crippen molar-refractivity contribution in [3.05, 3.63) is 82.4 Å². The molecule has 31 heavy (non-hydrogen) atoms. The smallest absolute Gasteiger partial charge is 0.262 e. The van der Waals surface area contributed by atoms with Crippen LogP contribution in [-0.4, -0.2) is 34.5 Å². The molecule has 0 saturated heterocycles. The highest BCUT2D eigenvalue weighted by atomic mass is 32.1. The zero-order valence-electron chi connectivity index (χ0n) is 17.7. The molecule has 0 fully saturated rings. The van der Waals surface area contributed by atoms with Crippen LogP contribution in [0.25, 0.3) is 20.7 Å². The first kappa shape index (κ1) is 20.8. The van der Waals surface area contributed by atoms with Gasteiger partial charge in [0.2, 0.25) is 5.91 Å². The van der Waals surface area contributed by atoms with Crippen LogP contribution in [0, 0.1) is 6.92 Å². The number of hydrogen-bond donors (Lipinski definition) is 0.